The van der Waals surface area contributed by atoms with E-state index in [2.05, 4.69) is 14.7 Å². The number of nitrogens with zero attached hydrogens (tertiary/aromatic N) is 3. The van der Waals surface area contributed by atoms with E-state index in [4.69, 9.17) is 5.26 Å². The predicted octanol–water partition coefficient (Wildman–Crippen LogP) is 1.68. The van der Waals surface area contributed by atoms with Gasteiger partial charge in [-0.2, -0.15) is 23.4 Å². The molecule has 4 nitrogen and oxygen atoms in total. The molecule has 0 saturated carbocycles. The SMILES string of the molecule is N#Cc1ccnc(OCCC(F)(F)F)n1. The van der Waals surface area contributed by atoms with Crippen LogP contribution in [0.15, 0.2) is 12.3 Å². The maximum absolute atomic E-state index is 11.7. The van der Waals surface area contributed by atoms with Gasteiger partial charge in [-0.1, -0.05) is 0 Å². The second-order valence-corrected chi connectivity index (χ2v) is 2.55. The van der Waals surface area contributed by atoms with Gasteiger partial charge in [0.1, 0.15) is 18.4 Å². The molecule has 0 spiro atoms. The van der Waals surface area contributed by atoms with Gasteiger partial charge in [0.2, 0.25) is 0 Å². The van der Waals surface area contributed by atoms with Crippen molar-refractivity contribution < 1.29 is 17.9 Å². The van der Waals surface area contributed by atoms with E-state index < -0.39 is 19.2 Å². The summed E-state index contributed by atoms with van der Waals surface area (Å²) >= 11 is 0. The van der Waals surface area contributed by atoms with Crippen LogP contribution in [0, 0.1) is 11.3 Å². The lowest BCUT2D eigenvalue weighted by Gasteiger charge is -2.06. The van der Waals surface area contributed by atoms with E-state index >= 15 is 0 Å². The molecule has 1 aromatic rings. The van der Waals surface area contributed by atoms with Crippen molar-refractivity contribution in [1.82, 2.24) is 9.97 Å². The Balaban J connectivity index is 2.48. The average molecular weight is 217 g/mol. The fourth-order valence-corrected chi connectivity index (χ4v) is 0.731. The van der Waals surface area contributed by atoms with Crippen LogP contribution in [0.4, 0.5) is 13.2 Å². The van der Waals surface area contributed by atoms with Crippen LogP contribution in [0.5, 0.6) is 6.01 Å². The Labute approximate surface area is 83.3 Å². The van der Waals surface area contributed by atoms with Crippen LogP contribution >= 0.6 is 0 Å². The molecule has 0 fully saturated rings. The van der Waals surface area contributed by atoms with Crippen LogP contribution in [-0.2, 0) is 0 Å². The third-order valence-electron chi connectivity index (χ3n) is 1.36. The van der Waals surface area contributed by atoms with Crippen LogP contribution in [0.1, 0.15) is 12.1 Å². The molecule has 0 aliphatic carbocycles. The van der Waals surface area contributed by atoms with Crippen molar-refractivity contribution in [2.75, 3.05) is 6.61 Å². The van der Waals surface area contributed by atoms with E-state index in [1.165, 1.54) is 12.3 Å². The molecule has 0 aliphatic heterocycles. The Kier molecular flexibility index (Phi) is 3.44. The van der Waals surface area contributed by atoms with E-state index in [0.29, 0.717) is 0 Å². The third-order valence-corrected chi connectivity index (χ3v) is 1.36. The standard InChI is InChI=1S/C8H6F3N3O/c9-8(10,11)2-4-15-7-13-3-1-6(5-12)14-7/h1,3H,2,4H2. The molecule has 0 N–H and O–H groups in total. The van der Waals surface area contributed by atoms with Crippen LogP contribution in [0.25, 0.3) is 0 Å². The number of ether oxygens (including phenoxy) is 1. The first-order valence-electron chi connectivity index (χ1n) is 3.94. The third kappa shape index (κ3) is 4.26. The number of hydrogen-bond acceptors (Lipinski definition) is 4. The highest BCUT2D eigenvalue weighted by Gasteiger charge is 2.26. The quantitative estimate of drug-likeness (QED) is 0.772. The fraction of sp³-hybridized carbons (Fsp3) is 0.375. The van der Waals surface area contributed by atoms with Crippen molar-refractivity contribution in [1.29, 1.82) is 5.26 Å². The highest BCUT2D eigenvalue weighted by molar-refractivity contribution is 5.19. The second-order valence-electron chi connectivity index (χ2n) is 2.55. The van der Waals surface area contributed by atoms with Gasteiger partial charge in [-0.3, -0.25) is 0 Å². The zero-order valence-corrected chi connectivity index (χ0v) is 7.45. The lowest BCUT2D eigenvalue weighted by Crippen LogP contribution is -2.13. The average Bonchev–Trinajstić information content (AvgIpc) is 2.16. The Morgan fingerprint density at radius 2 is 2.20 bits per heavy atom. The molecule has 7 heteroatoms. The van der Waals surface area contributed by atoms with Crippen molar-refractivity contribution in [3.8, 4) is 12.1 Å². The summed E-state index contributed by atoms with van der Waals surface area (Å²) in [7, 11) is 0. The molecule has 0 unspecified atom stereocenters. The fourth-order valence-electron chi connectivity index (χ4n) is 0.731. The summed E-state index contributed by atoms with van der Waals surface area (Å²) in [6.45, 7) is -0.557. The Hall–Kier alpha value is -1.84. The topological polar surface area (TPSA) is 58.8 Å². The maximum atomic E-state index is 11.7. The highest BCUT2D eigenvalue weighted by atomic mass is 19.4. The molecular weight excluding hydrogens is 211 g/mol. The molecule has 0 aliphatic rings. The van der Waals surface area contributed by atoms with E-state index in [-0.39, 0.29) is 11.7 Å². The first-order chi connectivity index (χ1) is 7.01. The summed E-state index contributed by atoms with van der Waals surface area (Å²) in [6.07, 6.45) is -4.10. The molecule has 1 aromatic heterocycles. The van der Waals surface area contributed by atoms with Crippen LogP contribution < -0.4 is 4.74 Å². The molecule has 0 atom stereocenters. The number of nitriles is 1. The molecular formula is C8H6F3N3O. The van der Waals surface area contributed by atoms with Gasteiger partial charge in [-0.15, -0.1) is 0 Å². The molecule has 0 radical (unpaired) electrons. The summed E-state index contributed by atoms with van der Waals surface area (Å²) in [4.78, 5) is 7.10. The molecule has 80 valence electrons. The number of alkyl halides is 3. The lowest BCUT2D eigenvalue weighted by atomic mass is 10.4. The minimum Gasteiger partial charge on any atom is -0.463 e. The summed E-state index contributed by atoms with van der Waals surface area (Å²) in [5.41, 5.74) is 0.0482. The molecule has 0 saturated heterocycles. The predicted molar refractivity (Wildman–Crippen MR) is 42.9 cm³/mol. The molecule has 15 heavy (non-hydrogen) atoms. The molecule has 0 bridgehead atoms. The van der Waals surface area contributed by atoms with Gasteiger partial charge in [-0.25, -0.2) is 4.98 Å². The van der Waals surface area contributed by atoms with Gasteiger partial charge >= 0.3 is 12.2 Å². The van der Waals surface area contributed by atoms with Gasteiger partial charge in [0.15, 0.2) is 0 Å². The zero-order chi connectivity index (χ0) is 11.3. The largest absolute Gasteiger partial charge is 0.463 e. The van der Waals surface area contributed by atoms with Gasteiger partial charge in [0.25, 0.3) is 0 Å². The molecule has 0 aromatic carbocycles. The smallest absolute Gasteiger partial charge is 0.392 e. The summed E-state index contributed by atoms with van der Waals surface area (Å²) in [5.74, 6) is 0. The maximum Gasteiger partial charge on any atom is 0.392 e. The Bertz CT molecular complexity index is 372. The van der Waals surface area contributed by atoms with Gasteiger partial charge in [0.05, 0.1) is 6.42 Å². The molecule has 1 rings (SSSR count). The van der Waals surface area contributed by atoms with Crippen LogP contribution in [0.3, 0.4) is 0 Å². The highest BCUT2D eigenvalue weighted by Crippen LogP contribution is 2.19. The van der Waals surface area contributed by atoms with Crippen LogP contribution in [-0.4, -0.2) is 22.8 Å². The van der Waals surface area contributed by atoms with E-state index in [1.54, 1.807) is 6.07 Å². The minimum absolute atomic E-state index is 0.0482. The van der Waals surface area contributed by atoms with Crippen molar-refractivity contribution in [3.63, 3.8) is 0 Å². The summed E-state index contributed by atoms with van der Waals surface area (Å²) < 4.78 is 39.8. The van der Waals surface area contributed by atoms with E-state index in [0.717, 1.165) is 0 Å². The number of aromatic nitrogens is 2. The number of hydrogen-bond donors (Lipinski definition) is 0. The van der Waals surface area contributed by atoms with Gasteiger partial charge in [0, 0.05) is 6.20 Å². The first-order valence-corrected chi connectivity index (χ1v) is 3.94. The second kappa shape index (κ2) is 4.59. The van der Waals surface area contributed by atoms with Crippen molar-refractivity contribution in [2.45, 2.75) is 12.6 Å². The number of halogens is 3. The summed E-state index contributed by atoms with van der Waals surface area (Å²) in [5, 5.41) is 8.44. The monoisotopic (exact) mass is 217 g/mol. The number of rotatable bonds is 3. The minimum atomic E-state index is -4.27. The van der Waals surface area contributed by atoms with Crippen molar-refractivity contribution >= 4 is 0 Å². The summed E-state index contributed by atoms with van der Waals surface area (Å²) in [6, 6.07) is 2.83. The van der Waals surface area contributed by atoms with E-state index in [1.807, 2.05) is 0 Å². The Morgan fingerprint density at radius 1 is 1.47 bits per heavy atom. The van der Waals surface area contributed by atoms with Crippen LogP contribution in [0.2, 0.25) is 0 Å². The normalized spacial score (nSPS) is 10.8. The van der Waals surface area contributed by atoms with Crippen molar-refractivity contribution in [3.05, 3.63) is 18.0 Å². The van der Waals surface area contributed by atoms with Gasteiger partial charge in [-0.05, 0) is 6.07 Å². The molecule has 0 amide bonds. The van der Waals surface area contributed by atoms with Gasteiger partial charge < -0.3 is 4.74 Å². The molecule has 1 heterocycles. The van der Waals surface area contributed by atoms with E-state index in [9.17, 15) is 13.2 Å². The lowest BCUT2D eigenvalue weighted by molar-refractivity contribution is -0.139. The van der Waals surface area contributed by atoms with Crippen molar-refractivity contribution in [2.24, 2.45) is 0 Å². The Morgan fingerprint density at radius 3 is 2.80 bits per heavy atom. The zero-order valence-electron chi connectivity index (χ0n) is 7.45. The first kappa shape index (κ1) is 11.2.